The molecule has 1 aromatic carbocycles. The maximum atomic E-state index is 12.2. The number of methoxy groups -OCH3 is 2. The van der Waals surface area contributed by atoms with Gasteiger partial charge in [-0.2, -0.15) is 0 Å². The minimum atomic E-state index is -0.629. The fourth-order valence-corrected chi connectivity index (χ4v) is 4.75. The van der Waals surface area contributed by atoms with Gasteiger partial charge in [-0.05, 0) is 44.4 Å². The fraction of sp³-hybridized carbons (Fsp3) is 0.632. The largest absolute Gasteiger partial charge is 0.493 e. The van der Waals surface area contributed by atoms with Crippen LogP contribution in [0.1, 0.15) is 45.1 Å². The smallest absolute Gasteiger partial charge is 0.161 e. The lowest BCUT2D eigenvalue weighted by Gasteiger charge is -2.51. The van der Waals surface area contributed by atoms with Gasteiger partial charge >= 0.3 is 0 Å². The van der Waals surface area contributed by atoms with Gasteiger partial charge in [-0.3, -0.25) is 9.69 Å². The number of nitrogens with two attached hydrogens (primary N) is 1. The number of hydrogen-bond donors (Lipinski definition) is 1. The number of ether oxygens (including phenoxy) is 2. The van der Waals surface area contributed by atoms with Crippen LogP contribution in [0.25, 0.3) is 0 Å². The summed E-state index contributed by atoms with van der Waals surface area (Å²) < 4.78 is 10.9. The molecule has 2 fully saturated rings. The SMILES string of the molecule is COc1ccc(C23CCC(=O)CC2(N)N(C(C)C)CC3)cc1OC. The van der Waals surface area contributed by atoms with Gasteiger partial charge in [0, 0.05) is 30.8 Å². The maximum Gasteiger partial charge on any atom is 0.161 e. The lowest BCUT2D eigenvalue weighted by molar-refractivity contribution is -0.127. The van der Waals surface area contributed by atoms with Crippen molar-refractivity contribution < 1.29 is 14.3 Å². The molecule has 0 radical (unpaired) electrons. The zero-order chi connectivity index (χ0) is 17.5. The molecule has 0 amide bonds. The highest BCUT2D eigenvalue weighted by atomic mass is 16.5. The summed E-state index contributed by atoms with van der Waals surface area (Å²) in [7, 11) is 3.28. The summed E-state index contributed by atoms with van der Waals surface area (Å²) in [4.78, 5) is 14.5. The summed E-state index contributed by atoms with van der Waals surface area (Å²) in [6, 6.07) is 6.38. The van der Waals surface area contributed by atoms with E-state index in [9.17, 15) is 4.79 Å². The standard InChI is InChI=1S/C19H28N2O3/c1-13(2)21-10-9-18(8-7-15(22)12-19(18,21)20)14-5-6-16(23-3)17(11-14)24-4/h5-6,11,13H,7-10,12,20H2,1-4H3. The predicted octanol–water partition coefficient (Wildman–Crippen LogP) is 2.46. The number of ketones is 1. The Labute approximate surface area is 144 Å². The molecule has 132 valence electrons. The summed E-state index contributed by atoms with van der Waals surface area (Å²) in [5.41, 5.74) is 7.27. The maximum absolute atomic E-state index is 12.2. The minimum absolute atomic E-state index is 0.218. The van der Waals surface area contributed by atoms with E-state index >= 15 is 0 Å². The molecule has 0 bridgehead atoms. The van der Waals surface area contributed by atoms with Crippen LogP contribution in [0, 0.1) is 0 Å². The van der Waals surface area contributed by atoms with E-state index in [1.165, 1.54) is 0 Å². The molecular weight excluding hydrogens is 304 g/mol. The van der Waals surface area contributed by atoms with Crippen molar-refractivity contribution in [1.29, 1.82) is 0 Å². The van der Waals surface area contributed by atoms with Crippen molar-refractivity contribution in [2.24, 2.45) is 5.73 Å². The number of Topliss-reactive ketones (excluding diaryl/α,β-unsaturated/α-hetero) is 1. The number of benzene rings is 1. The number of likely N-dealkylation sites (tertiary alicyclic amines) is 1. The van der Waals surface area contributed by atoms with Crippen LogP contribution in [0.3, 0.4) is 0 Å². The van der Waals surface area contributed by atoms with Crippen molar-refractivity contribution >= 4 is 5.78 Å². The van der Waals surface area contributed by atoms with Crippen LogP contribution in [0.4, 0.5) is 0 Å². The number of carbonyl (C=O) groups excluding carboxylic acids is 1. The van der Waals surface area contributed by atoms with Gasteiger partial charge in [0.25, 0.3) is 0 Å². The van der Waals surface area contributed by atoms with E-state index in [0.29, 0.717) is 30.4 Å². The van der Waals surface area contributed by atoms with E-state index in [-0.39, 0.29) is 11.2 Å². The summed E-state index contributed by atoms with van der Waals surface area (Å²) >= 11 is 0. The topological polar surface area (TPSA) is 64.8 Å². The van der Waals surface area contributed by atoms with Crippen molar-refractivity contribution in [2.75, 3.05) is 20.8 Å². The molecule has 24 heavy (non-hydrogen) atoms. The molecule has 0 aromatic heterocycles. The number of hydrogen-bond acceptors (Lipinski definition) is 5. The molecule has 5 nitrogen and oxygen atoms in total. The van der Waals surface area contributed by atoms with Crippen molar-refractivity contribution in [3.8, 4) is 11.5 Å². The quantitative estimate of drug-likeness (QED) is 0.917. The molecule has 1 saturated carbocycles. The van der Waals surface area contributed by atoms with Crippen LogP contribution in [0.2, 0.25) is 0 Å². The van der Waals surface area contributed by atoms with Gasteiger partial charge in [0.2, 0.25) is 0 Å². The van der Waals surface area contributed by atoms with E-state index in [1.54, 1.807) is 14.2 Å². The Morgan fingerprint density at radius 2 is 1.88 bits per heavy atom. The van der Waals surface area contributed by atoms with Gasteiger partial charge in [-0.15, -0.1) is 0 Å². The molecule has 2 atom stereocenters. The molecule has 0 spiro atoms. The average molecular weight is 332 g/mol. The Kier molecular flexibility index (Phi) is 4.34. The molecule has 2 N–H and O–H groups in total. The number of rotatable bonds is 4. The highest BCUT2D eigenvalue weighted by Gasteiger charge is 2.60. The third-order valence-electron chi connectivity index (χ3n) is 5.98. The van der Waals surface area contributed by atoms with Crippen LogP contribution in [-0.2, 0) is 10.2 Å². The molecule has 1 aromatic rings. The molecule has 1 aliphatic heterocycles. The third kappa shape index (κ3) is 2.33. The first-order chi connectivity index (χ1) is 11.4. The van der Waals surface area contributed by atoms with Crippen molar-refractivity contribution in [3.05, 3.63) is 23.8 Å². The first-order valence-corrected chi connectivity index (χ1v) is 8.68. The number of fused-ring (bicyclic) bond motifs is 1. The Morgan fingerprint density at radius 3 is 2.50 bits per heavy atom. The minimum Gasteiger partial charge on any atom is -0.493 e. The second-order valence-electron chi connectivity index (χ2n) is 7.33. The second kappa shape index (κ2) is 6.05. The lowest BCUT2D eigenvalue weighted by Crippen LogP contribution is -2.67. The van der Waals surface area contributed by atoms with Crippen LogP contribution in [0.15, 0.2) is 18.2 Å². The molecular formula is C19H28N2O3. The normalized spacial score (nSPS) is 30.5. The van der Waals surface area contributed by atoms with E-state index in [0.717, 1.165) is 24.9 Å². The highest BCUT2D eigenvalue weighted by Crippen LogP contribution is 2.54. The summed E-state index contributed by atoms with van der Waals surface area (Å²) in [6.45, 7) is 5.21. The summed E-state index contributed by atoms with van der Waals surface area (Å²) in [6.07, 6.45) is 2.77. The zero-order valence-electron chi connectivity index (χ0n) is 15.1. The predicted molar refractivity (Wildman–Crippen MR) is 93.5 cm³/mol. The van der Waals surface area contributed by atoms with E-state index in [4.69, 9.17) is 15.2 Å². The molecule has 2 unspecified atom stereocenters. The van der Waals surface area contributed by atoms with Crippen molar-refractivity contribution in [3.63, 3.8) is 0 Å². The average Bonchev–Trinajstić information content (AvgIpc) is 2.87. The van der Waals surface area contributed by atoms with Crippen LogP contribution in [0.5, 0.6) is 11.5 Å². The zero-order valence-corrected chi connectivity index (χ0v) is 15.1. The van der Waals surface area contributed by atoms with Crippen LogP contribution in [-0.4, -0.2) is 43.2 Å². The van der Waals surface area contributed by atoms with Gasteiger partial charge in [-0.1, -0.05) is 6.07 Å². The Morgan fingerprint density at radius 1 is 1.17 bits per heavy atom. The molecule has 3 rings (SSSR count). The van der Waals surface area contributed by atoms with E-state index in [1.807, 2.05) is 12.1 Å². The van der Waals surface area contributed by atoms with Gasteiger partial charge < -0.3 is 15.2 Å². The summed E-state index contributed by atoms with van der Waals surface area (Å²) in [5.74, 6) is 1.69. The molecule has 1 aliphatic carbocycles. The number of carbonyl (C=O) groups is 1. The molecule has 5 heteroatoms. The highest BCUT2D eigenvalue weighted by molar-refractivity contribution is 5.81. The molecule has 1 heterocycles. The Hall–Kier alpha value is -1.59. The van der Waals surface area contributed by atoms with Gasteiger partial charge in [0.05, 0.1) is 19.9 Å². The van der Waals surface area contributed by atoms with Crippen LogP contribution >= 0.6 is 0 Å². The van der Waals surface area contributed by atoms with Gasteiger partial charge in [0.1, 0.15) is 5.78 Å². The Balaban J connectivity index is 2.11. The van der Waals surface area contributed by atoms with Gasteiger partial charge in [-0.25, -0.2) is 0 Å². The second-order valence-corrected chi connectivity index (χ2v) is 7.33. The first-order valence-electron chi connectivity index (χ1n) is 8.68. The van der Waals surface area contributed by atoms with Gasteiger partial charge in [0.15, 0.2) is 11.5 Å². The van der Waals surface area contributed by atoms with Crippen LogP contribution < -0.4 is 15.2 Å². The van der Waals surface area contributed by atoms with Crippen molar-refractivity contribution in [1.82, 2.24) is 4.90 Å². The first kappa shape index (κ1) is 17.2. The van der Waals surface area contributed by atoms with Crippen molar-refractivity contribution in [2.45, 2.75) is 56.7 Å². The fourth-order valence-electron chi connectivity index (χ4n) is 4.75. The Bertz CT molecular complexity index is 645. The molecule has 1 saturated heterocycles. The van der Waals surface area contributed by atoms with E-state index < -0.39 is 5.66 Å². The number of nitrogens with zero attached hydrogens (tertiary/aromatic N) is 1. The summed E-state index contributed by atoms with van der Waals surface area (Å²) in [5, 5.41) is 0. The monoisotopic (exact) mass is 332 g/mol. The lowest BCUT2D eigenvalue weighted by atomic mass is 9.62. The van der Waals surface area contributed by atoms with E-state index in [2.05, 4.69) is 24.8 Å². The molecule has 2 aliphatic rings. The third-order valence-corrected chi connectivity index (χ3v) is 5.98.